The van der Waals surface area contributed by atoms with Crippen LogP contribution in [0.15, 0.2) is 66.9 Å². The number of hydrogen-bond acceptors (Lipinski definition) is 9. The molecular weight excluding hydrogens is 653 g/mol. The van der Waals surface area contributed by atoms with Crippen molar-refractivity contribution in [2.45, 2.75) is 70.7 Å². The first-order valence-electron chi connectivity index (χ1n) is 16.2. The second-order valence-electron chi connectivity index (χ2n) is 13.3. The number of aromatic nitrogens is 5. The van der Waals surface area contributed by atoms with E-state index in [2.05, 4.69) is 30.9 Å². The lowest BCUT2D eigenvalue weighted by molar-refractivity contribution is -0.140. The number of alkyl carbamates (subject to hydrolysis) is 1. The summed E-state index contributed by atoms with van der Waals surface area (Å²) in [7, 11) is 0. The van der Waals surface area contributed by atoms with Gasteiger partial charge in [0.15, 0.2) is 5.69 Å². The molecule has 1 atom stereocenters. The van der Waals surface area contributed by atoms with E-state index in [4.69, 9.17) is 10.5 Å². The van der Waals surface area contributed by atoms with Crippen molar-refractivity contribution in [1.29, 1.82) is 0 Å². The van der Waals surface area contributed by atoms with Crippen molar-refractivity contribution in [3.05, 3.63) is 78.1 Å². The Balaban J connectivity index is 1.33. The molecular formula is C35H39F3N8O4. The van der Waals surface area contributed by atoms with E-state index in [9.17, 15) is 27.6 Å². The Kier molecular flexibility index (Phi) is 10.9. The molecule has 5 rings (SSSR count). The van der Waals surface area contributed by atoms with Gasteiger partial charge in [0.25, 0.3) is 5.91 Å². The average molecular weight is 693 g/mol. The number of ether oxygens (including phenoxy) is 1. The predicted octanol–water partition coefficient (Wildman–Crippen LogP) is 5.71. The zero-order chi connectivity index (χ0) is 36.1. The minimum atomic E-state index is -4.66. The van der Waals surface area contributed by atoms with Gasteiger partial charge in [-0.05, 0) is 105 Å². The molecule has 264 valence electrons. The van der Waals surface area contributed by atoms with Crippen molar-refractivity contribution >= 4 is 23.6 Å². The molecule has 0 spiro atoms. The van der Waals surface area contributed by atoms with E-state index in [1.807, 2.05) is 0 Å². The lowest BCUT2D eigenvalue weighted by Gasteiger charge is -2.32. The summed E-state index contributed by atoms with van der Waals surface area (Å²) in [5, 5.41) is 16.7. The maximum absolute atomic E-state index is 14.1. The Morgan fingerprint density at radius 1 is 1.00 bits per heavy atom. The molecule has 1 aliphatic rings. The Labute approximate surface area is 287 Å². The summed E-state index contributed by atoms with van der Waals surface area (Å²) in [6, 6.07) is 14.4. The lowest BCUT2D eigenvalue weighted by atomic mass is 9.81. The molecule has 50 heavy (non-hydrogen) atoms. The first-order chi connectivity index (χ1) is 23.7. The number of carbonyl (C=O) groups is 3. The Morgan fingerprint density at radius 3 is 2.36 bits per heavy atom. The molecule has 12 nitrogen and oxygen atoms in total. The van der Waals surface area contributed by atoms with Crippen LogP contribution in [0.1, 0.15) is 57.7 Å². The standard InChI is InChI=1S/C35H39F3N8O4/c1-34(2,3)50-33(49)41-20-21-9-11-24(12-10-21)31(47)46(26-15-13-23(14-16-26)30-42-44-45-43-30)32(48)28(39)19-22-6-4-7-25(18-22)27-8-5-17-40-29(27)35(36,37)38/h4-8,13-18,21,24,28H,9-12,19-20,39H2,1-3H3,(H,41,49)(H,42,43,44,45)/t21?,24?,28-/m0/s1. The summed E-state index contributed by atoms with van der Waals surface area (Å²) in [5.74, 6) is -1.07. The van der Waals surface area contributed by atoms with Crippen LogP contribution in [-0.2, 0) is 26.9 Å². The van der Waals surface area contributed by atoms with Gasteiger partial charge in [0.2, 0.25) is 11.7 Å². The van der Waals surface area contributed by atoms with Gasteiger partial charge in [0.1, 0.15) is 5.60 Å². The van der Waals surface area contributed by atoms with Crippen molar-refractivity contribution in [3.63, 3.8) is 0 Å². The van der Waals surface area contributed by atoms with Crippen LogP contribution in [0.5, 0.6) is 0 Å². The molecule has 0 saturated heterocycles. The number of aromatic amines is 1. The highest BCUT2D eigenvalue weighted by Gasteiger charge is 2.37. The summed E-state index contributed by atoms with van der Waals surface area (Å²) in [5.41, 5.74) is 6.42. The zero-order valence-corrected chi connectivity index (χ0v) is 27.9. The highest BCUT2D eigenvalue weighted by molar-refractivity contribution is 6.17. The number of tetrazole rings is 1. The molecule has 2 aromatic heterocycles. The van der Waals surface area contributed by atoms with E-state index in [1.54, 1.807) is 57.2 Å². The number of halogens is 3. The Morgan fingerprint density at radius 2 is 1.72 bits per heavy atom. The SMILES string of the molecule is CC(C)(C)OC(=O)NCC1CCC(C(=O)N(C(=O)[C@@H](N)Cc2cccc(-c3cccnc3C(F)(F)F)c2)c2ccc(-c3nn[nH]n3)cc2)CC1. The topological polar surface area (TPSA) is 169 Å². The molecule has 1 saturated carbocycles. The molecule has 0 bridgehead atoms. The van der Waals surface area contributed by atoms with Gasteiger partial charge in [-0.3, -0.25) is 14.6 Å². The molecule has 0 aliphatic heterocycles. The minimum Gasteiger partial charge on any atom is -0.444 e. The summed E-state index contributed by atoms with van der Waals surface area (Å²) in [6.45, 7) is 5.76. The summed E-state index contributed by atoms with van der Waals surface area (Å²) in [6.07, 6.45) is -1.83. The number of carbonyl (C=O) groups excluding carboxylic acids is 3. The van der Waals surface area contributed by atoms with Gasteiger partial charge in [0, 0.05) is 29.8 Å². The van der Waals surface area contributed by atoms with E-state index < -0.39 is 47.3 Å². The molecule has 1 aliphatic carbocycles. The van der Waals surface area contributed by atoms with Gasteiger partial charge in [-0.25, -0.2) is 9.69 Å². The third-order valence-corrected chi connectivity index (χ3v) is 8.39. The van der Waals surface area contributed by atoms with Crippen LogP contribution in [0, 0.1) is 11.8 Å². The number of alkyl halides is 3. The van der Waals surface area contributed by atoms with E-state index >= 15 is 0 Å². The van der Waals surface area contributed by atoms with Gasteiger partial charge in [-0.1, -0.05) is 30.3 Å². The van der Waals surface area contributed by atoms with Gasteiger partial charge in [-0.2, -0.15) is 18.4 Å². The molecule has 1 fully saturated rings. The molecule has 0 radical (unpaired) electrons. The number of hydrogen-bond donors (Lipinski definition) is 3. The molecule has 4 aromatic rings. The first-order valence-corrected chi connectivity index (χ1v) is 16.2. The first kappa shape index (κ1) is 36.1. The molecule has 0 unspecified atom stereocenters. The number of H-pyrrole nitrogens is 1. The molecule has 15 heteroatoms. The smallest absolute Gasteiger partial charge is 0.433 e. The van der Waals surface area contributed by atoms with Crippen molar-refractivity contribution in [2.24, 2.45) is 17.6 Å². The van der Waals surface area contributed by atoms with Gasteiger partial charge >= 0.3 is 12.3 Å². The number of pyridine rings is 1. The Hall–Kier alpha value is -5.18. The second-order valence-corrected chi connectivity index (χ2v) is 13.3. The molecule has 3 amide bonds. The van der Waals surface area contributed by atoms with E-state index in [1.165, 1.54) is 24.3 Å². The number of nitrogens with two attached hydrogens (primary N) is 1. The van der Waals surface area contributed by atoms with Crippen LogP contribution in [0.3, 0.4) is 0 Å². The van der Waals surface area contributed by atoms with Crippen molar-refractivity contribution < 1.29 is 32.3 Å². The van der Waals surface area contributed by atoms with E-state index in [0.29, 0.717) is 54.9 Å². The third-order valence-electron chi connectivity index (χ3n) is 8.39. The normalized spacial score (nSPS) is 17.1. The zero-order valence-electron chi connectivity index (χ0n) is 27.9. The van der Waals surface area contributed by atoms with Gasteiger partial charge < -0.3 is 15.8 Å². The molecule has 2 aromatic carbocycles. The van der Waals surface area contributed by atoms with Crippen LogP contribution in [-0.4, -0.2) is 61.7 Å². The summed E-state index contributed by atoms with van der Waals surface area (Å²) in [4.78, 5) is 44.9. The fraction of sp³-hybridized carbons (Fsp3) is 0.400. The van der Waals surface area contributed by atoms with Crippen LogP contribution >= 0.6 is 0 Å². The highest BCUT2D eigenvalue weighted by Crippen LogP contribution is 2.36. The lowest BCUT2D eigenvalue weighted by Crippen LogP contribution is -2.50. The van der Waals surface area contributed by atoms with Crippen LogP contribution in [0.4, 0.5) is 23.7 Å². The van der Waals surface area contributed by atoms with E-state index in [0.717, 1.165) is 11.1 Å². The van der Waals surface area contributed by atoms with Crippen LogP contribution in [0.25, 0.3) is 22.5 Å². The average Bonchev–Trinajstić information content (AvgIpc) is 3.62. The number of benzene rings is 2. The maximum atomic E-state index is 14.1. The van der Waals surface area contributed by atoms with Crippen molar-refractivity contribution in [1.82, 2.24) is 30.9 Å². The predicted molar refractivity (Wildman–Crippen MR) is 178 cm³/mol. The fourth-order valence-electron chi connectivity index (χ4n) is 5.98. The van der Waals surface area contributed by atoms with Gasteiger partial charge in [-0.15, -0.1) is 10.2 Å². The van der Waals surface area contributed by atoms with E-state index in [-0.39, 0.29) is 23.5 Å². The van der Waals surface area contributed by atoms with Gasteiger partial charge in [0.05, 0.1) is 11.7 Å². The number of imide groups is 1. The monoisotopic (exact) mass is 692 g/mol. The second kappa shape index (κ2) is 15.2. The minimum absolute atomic E-state index is 0.0396. The number of rotatable bonds is 9. The number of anilines is 1. The van der Waals surface area contributed by atoms with Crippen LogP contribution < -0.4 is 16.0 Å². The maximum Gasteiger partial charge on any atom is 0.433 e. The molecule has 4 N–H and O–H groups in total. The quantitative estimate of drug-likeness (QED) is 0.199. The summed E-state index contributed by atoms with van der Waals surface area (Å²) >= 11 is 0. The largest absolute Gasteiger partial charge is 0.444 e. The van der Waals surface area contributed by atoms with Crippen molar-refractivity contribution in [2.75, 3.05) is 11.4 Å². The number of amides is 3. The molecule has 2 heterocycles. The third kappa shape index (κ3) is 9.08. The number of nitrogens with one attached hydrogen (secondary N) is 2. The fourth-order valence-corrected chi connectivity index (χ4v) is 5.98. The number of nitrogens with zero attached hydrogens (tertiary/aromatic N) is 5. The van der Waals surface area contributed by atoms with Crippen LogP contribution in [0.2, 0.25) is 0 Å². The summed E-state index contributed by atoms with van der Waals surface area (Å²) < 4.78 is 46.4. The Bertz CT molecular complexity index is 1780. The highest BCUT2D eigenvalue weighted by atomic mass is 19.4. The van der Waals surface area contributed by atoms with Crippen molar-refractivity contribution in [3.8, 4) is 22.5 Å².